The molecule has 0 aliphatic heterocycles. The highest BCUT2D eigenvalue weighted by molar-refractivity contribution is 6.01. The minimum Gasteiger partial charge on any atom is -0.420 e. The molecule has 3 aromatic rings. The molecule has 2 heterocycles. The molecule has 7 heteroatoms. The molecule has 0 radical (unpaired) electrons. The molecule has 128 valence electrons. The molecule has 7 nitrogen and oxygen atoms in total. The van der Waals surface area contributed by atoms with Gasteiger partial charge in [0.25, 0.3) is 0 Å². The topological polar surface area (TPSA) is 114 Å². The van der Waals surface area contributed by atoms with Crippen LogP contribution in [0.25, 0.3) is 10.8 Å². The van der Waals surface area contributed by atoms with Gasteiger partial charge in [-0.05, 0) is 38.3 Å². The molecule has 0 amide bonds. The Morgan fingerprint density at radius 2 is 1.88 bits per heavy atom. The summed E-state index contributed by atoms with van der Waals surface area (Å²) < 4.78 is 5.74. The normalized spacial score (nSPS) is 11.5. The van der Waals surface area contributed by atoms with Crippen molar-refractivity contribution in [3.63, 3.8) is 0 Å². The highest BCUT2D eigenvalue weighted by Gasteiger charge is 2.25. The molecule has 5 N–H and O–H groups in total. The lowest BCUT2D eigenvalue weighted by molar-refractivity contribution is -0.645. The van der Waals surface area contributed by atoms with Crippen LogP contribution in [0.4, 0.5) is 11.6 Å². The second kappa shape index (κ2) is 6.45. The summed E-state index contributed by atoms with van der Waals surface area (Å²) in [6, 6.07) is 9.60. The van der Waals surface area contributed by atoms with Crippen molar-refractivity contribution in [2.24, 2.45) is 0 Å². The van der Waals surface area contributed by atoms with Gasteiger partial charge >= 0.3 is 0 Å². The number of nitrogens with one attached hydrogen (secondary N) is 1. The van der Waals surface area contributed by atoms with Gasteiger partial charge in [0.1, 0.15) is 12.1 Å². The number of ether oxygens (including phenoxy) is 1. The van der Waals surface area contributed by atoms with E-state index < -0.39 is 0 Å². The largest absolute Gasteiger partial charge is 0.420 e. The van der Waals surface area contributed by atoms with Gasteiger partial charge in [-0.3, -0.25) is 10.7 Å². The molecular formula is C18H21N6O+. The second-order valence-corrected chi connectivity index (χ2v) is 6.80. The Morgan fingerprint density at radius 3 is 2.64 bits per heavy atom. The lowest BCUT2D eigenvalue weighted by atomic mass is 10.1. The Balaban J connectivity index is 1.99. The van der Waals surface area contributed by atoms with Crippen LogP contribution in [0.2, 0.25) is 0 Å². The first-order valence-corrected chi connectivity index (χ1v) is 7.92. The van der Waals surface area contributed by atoms with Crippen molar-refractivity contribution in [3.8, 4) is 5.88 Å². The fourth-order valence-corrected chi connectivity index (χ4v) is 2.49. The number of rotatable bonds is 3. The summed E-state index contributed by atoms with van der Waals surface area (Å²) in [5.41, 5.74) is 6.23. The van der Waals surface area contributed by atoms with E-state index in [-0.39, 0.29) is 17.3 Å². The van der Waals surface area contributed by atoms with Gasteiger partial charge in [-0.1, -0.05) is 18.2 Å². The standard InChI is InChI=1S/C18H20N6O/c1-18(2,3)24-16-13(14(19)22-10-23-16)15(20)25-17-12-7-5-4-6-11(12)8-9-21-17/h4-10,20H,1-3H3,(H3,19,22,23,24)/p+1. The van der Waals surface area contributed by atoms with Crippen LogP contribution in [0.15, 0.2) is 42.9 Å². The SMILES string of the molecule is CC(C)(C)[NH2+]c1ncnc(N)c1C(=N)Oc1nccc2ccccc12. The van der Waals surface area contributed by atoms with Crippen LogP contribution in [-0.4, -0.2) is 26.4 Å². The number of pyridine rings is 1. The molecule has 1 aromatic carbocycles. The van der Waals surface area contributed by atoms with Gasteiger partial charge < -0.3 is 10.5 Å². The third kappa shape index (κ3) is 3.72. The van der Waals surface area contributed by atoms with E-state index >= 15 is 0 Å². The van der Waals surface area contributed by atoms with Crippen molar-refractivity contribution >= 4 is 28.3 Å². The Kier molecular flexibility index (Phi) is 4.33. The van der Waals surface area contributed by atoms with Gasteiger partial charge in [-0.25, -0.2) is 9.97 Å². The van der Waals surface area contributed by atoms with E-state index in [1.807, 2.05) is 56.4 Å². The van der Waals surface area contributed by atoms with Gasteiger partial charge in [0.15, 0.2) is 5.56 Å². The first-order chi connectivity index (χ1) is 11.8. The summed E-state index contributed by atoms with van der Waals surface area (Å²) in [5.74, 6) is 1.01. The number of nitrogens with two attached hydrogens (primary N) is 2. The number of hydrogen-bond donors (Lipinski definition) is 3. The number of nitrogen functional groups attached to an aromatic ring is 1. The van der Waals surface area contributed by atoms with Crippen molar-refractivity contribution in [1.29, 1.82) is 5.41 Å². The number of anilines is 1. The molecule has 0 aliphatic rings. The molecule has 25 heavy (non-hydrogen) atoms. The number of aromatic nitrogens is 3. The van der Waals surface area contributed by atoms with Gasteiger partial charge in [0.2, 0.25) is 17.6 Å². The number of quaternary nitrogens is 1. The van der Waals surface area contributed by atoms with Crippen LogP contribution in [-0.2, 0) is 0 Å². The Hall–Kier alpha value is -3.06. The molecule has 0 atom stereocenters. The predicted molar refractivity (Wildman–Crippen MR) is 97.0 cm³/mol. The summed E-state index contributed by atoms with van der Waals surface area (Å²) in [6.45, 7) is 6.14. The molecule has 0 saturated heterocycles. The fourth-order valence-electron chi connectivity index (χ4n) is 2.49. The quantitative estimate of drug-likeness (QED) is 0.499. The minimum absolute atomic E-state index is 0.127. The number of nitrogens with zero attached hydrogens (tertiary/aromatic N) is 3. The zero-order valence-corrected chi connectivity index (χ0v) is 14.4. The average Bonchev–Trinajstić information content (AvgIpc) is 2.53. The second-order valence-electron chi connectivity index (χ2n) is 6.80. The van der Waals surface area contributed by atoms with E-state index in [4.69, 9.17) is 15.9 Å². The number of benzene rings is 1. The Labute approximate surface area is 145 Å². The van der Waals surface area contributed by atoms with Crippen LogP contribution < -0.4 is 15.8 Å². The average molecular weight is 337 g/mol. The van der Waals surface area contributed by atoms with E-state index in [9.17, 15) is 0 Å². The molecule has 3 rings (SSSR count). The van der Waals surface area contributed by atoms with Crippen molar-refractivity contribution in [2.75, 3.05) is 5.73 Å². The summed E-state index contributed by atoms with van der Waals surface area (Å²) in [7, 11) is 0. The number of fused-ring (bicyclic) bond motifs is 1. The van der Waals surface area contributed by atoms with Gasteiger partial charge in [0.05, 0.1) is 5.54 Å². The molecule has 2 aromatic heterocycles. The molecule has 0 unspecified atom stereocenters. The molecule has 0 saturated carbocycles. The van der Waals surface area contributed by atoms with E-state index in [0.717, 1.165) is 10.8 Å². The van der Waals surface area contributed by atoms with E-state index in [1.54, 1.807) is 6.20 Å². The third-order valence-corrected chi connectivity index (χ3v) is 3.54. The lowest BCUT2D eigenvalue weighted by Gasteiger charge is -2.18. The molecule has 0 aliphatic carbocycles. The first kappa shape index (κ1) is 16.8. The fraction of sp³-hybridized carbons (Fsp3) is 0.222. The van der Waals surface area contributed by atoms with Crippen LogP contribution in [0.3, 0.4) is 0 Å². The van der Waals surface area contributed by atoms with E-state index in [0.29, 0.717) is 17.3 Å². The zero-order chi connectivity index (χ0) is 18.0. The molecule has 0 spiro atoms. The van der Waals surface area contributed by atoms with Crippen molar-refractivity contribution in [3.05, 3.63) is 48.4 Å². The molecule has 0 fully saturated rings. The van der Waals surface area contributed by atoms with Gasteiger partial charge in [-0.15, -0.1) is 0 Å². The van der Waals surface area contributed by atoms with Crippen LogP contribution >= 0.6 is 0 Å². The first-order valence-electron chi connectivity index (χ1n) is 7.92. The summed E-state index contributed by atoms with van der Waals surface area (Å²) >= 11 is 0. The monoisotopic (exact) mass is 337 g/mol. The maximum Gasteiger partial charge on any atom is 0.242 e. The van der Waals surface area contributed by atoms with Crippen molar-refractivity contribution in [2.45, 2.75) is 26.3 Å². The van der Waals surface area contributed by atoms with E-state index in [1.165, 1.54) is 6.33 Å². The van der Waals surface area contributed by atoms with Crippen LogP contribution in [0.5, 0.6) is 5.88 Å². The Morgan fingerprint density at radius 1 is 1.12 bits per heavy atom. The van der Waals surface area contributed by atoms with Crippen LogP contribution in [0.1, 0.15) is 26.3 Å². The summed E-state index contributed by atoms with van der Waals surface area (Å²) in [6.07, 6.45) is 3.04. The third-order valence-electron chi connectivity index (χ3n) is 3.54. The summed E-state index contributed by atoms with van der Waals surface area (Å²) in [5, 5.41) is 12.1. The summed E-state index contributed by atoms with van der Waals surface area (Å²) in [4.78, 5) is 12.5. The smallest absolute Gasteiger partial charge is 0.242 e. The van der Waals surface area contributed by atoms with Gasteiger partial charge in [-0.2, -0.15) is 4.98 Å². The zero-order valence-electron chi connectivity index (χ0n) is 14.4. The predicted octanol–water partition coefficient (Wildman–Crippen LogP) is 2.00. The van der Waals surface area contributed by atoms with E-state index in [2.05, 4.69) is 15.0 Å². The van der Waals surface area contributed by atoms with Crippen molar-refractivity contribution in [1.82, 2.24) is 15.0 Å². The van der Waals surface area contributed by atoms with Crippen LogP contribution in [0, 0.1) is 5.41 Å². The highest BCUT2D eigenvalue weighted by atomic mass is 16.5. The maximum atomic E-state index is 8.39. The molecule has 0 bridgehead atoms. The number of hydrogen-bond acceptors (Lipinski definition) is 6. The van der Waals surface area contributed by atoms with Crippen molar-refractivity contribution < 1.29 is 10.1 Å². The lowest BCUT2D eigenvalue weighted by Crippen LogP contribution is -2.90. The molecular weight excluding hydrogens is 316 g/mol. The highest BCUT2D eigenvalue weighted by Crippen LogP contribution is 2.24. The minimum atomic E-state index is -0.131. The maximum absolute atomic E-state index is 8.39. The van der Waals surface area contributed by atoms with Gasteiger partial charge in [0, 0.05) is 11.6 Å². The Bertz CT molecular complexity index is 927.